The summed E-state index contributed by atoms with van der Waals surface area (Å²) in [7, 11) is 0. The Balaban J connectivity index is 4.29. The van der Waals surface area contributed by atoms with E-state index in [1.54, 1.807) is 0 Å². The Hall–Kier alpha value is -3.15. The van der Waals surface area contributed by atoms with Gasteiger partial charge in [0.15, 0.2) is 6.10 Å². The van der Waals surface area contributed by atoms with Crippen LogP contribution in [0.3, 0.4) is 0 Å². The summed E-state index contributed by atoms with van der Waals surface area (Å²) in [6, 6.07) is 0. The van der Waals surface area contributed by atoms with Crippen molar-refractivity contribution >= 4 is 17.9 Å². The van der Waals surface area contributed by atoms with Crippen LogP contribution in [0, 0.1) is 0 Å². The van der Waals surface area contributed by atoms with Crippen LogP contribution < -0.4 is 0 Å². The van der Waals surface area contributed by atoms with Crippen LogP contribution in [0.5, 0.6) is 0 Å². The van der Waals surface area contributed by atoms with Gasteiger partial charge in [0.1, 0.15) is 13.2 Å². The molecule has 0 saturated heterocycles. The highest BCUT2D eigenvalue weighted by Gasteiger charge is 2.19. The average Bonchev–Trinajstić information content (AvgIpc) is 3.28. The molecule has 0 bridgehead atoms. The van der Waals surface area contributed by atoms with E-state index in [2.05, 4.69) is 93.7 Å². The van der Waals surface area contributed by atoms with Crippen molar-refractivity contribution in [3.05, 3.63) is 72.9 Å². The van der Waals surface area contributed by atoms with Crippen molar-refractivity contribution in [3.8, 4) is 0 Å². The van der Waals surface area contributed by atoms with Gasteiger partial charge in [-0.1, -0.05) is 222 Å². The molecule has 0 amide bonds. The van der Waals surface area contributed by atoms with Crippen LogP contribution in [-0.2, 0) is 28.6 Å². The summed E-state index contributed by atoms with van der Waals surface area (Å²) in [5, 5.41) is 0. The standard InChI is InChI=1S/C57H98O6/c1-4-7-10-13-16-19-22-23-24-25-26-27-28-29-30-31-32-33-36-38-41-44-47-50-56(59)62-53-54(63-57(60)51-48-45-42-39-35-21-18-15-12-9-6-3)52-61-55(58)49-46-43-40-37-34-20-17-14-11-8-5-2/h7,10,15-16,18-19,23-24,26-27,29-30,54H,4-6,8-9,11-14,17,20-22,25,28,31-53H2,1-3H3/b10-7-,18-15-,19-16-,24-23-,27-26-,30-29-. The smallest absolute Gasteiger partial charge is 0.306 e. The normalized spacial score (nSPS) is 12.6. The second kappa shape index (κ2) is 51.5. The molecular formula is C57H98O6. The average molecular weight is 879 g/mol. The molecule has 1 unspecified atom stereocenters. The van der Waals surface area contributed by atoms with Crippen molar-refractivity contribution in [2.24, 2.45) is 0 Å². The number of carbonyl (C=O) groups is 3. The zero-order chi connectivity index (χ0) is 45.8. The third-order valence-corrected chi connectivity index (χ3v) is 11.2. The fraction of sp³-hybridized carbons (Fsp3) is 0.737. The molecule has 0 saturated carbocycles. The van der Waals surface area contributed by atoms with Gasteiger partial charge in [-0.3, -0.25) is 14.4 Å². The van der Waals surface area contributed by atoms with Gasteiger partial charge in [-0.2, -0.15) is 0 Å². The molecule has 0 heterocycles. The van der Waals surface area contributed by atoms with Crippen molar-refractivity contribution < 1.29 is 28.6 Å². The lowest BCUT2D eigenvalue weighted by Gasteiger charge is -2.18. The third kappa shape index (κ3) is 49.7. The number of hydrogen-bond acceptors (Lipinski definition) is 6. The highest BCUT2D eigenvalue weighted by atomic mass is 16.6. The fourth-order valence-corrected chi connectivity index (χ4v) is 7.21. The highest BCUT2D eigenvalue weighted by Crippen LogP contribution is 2.15. The molecule has 6 nitrogen and oxygen atoms in total. The van der Waals surface area contributed by atoms with E-state index in [9.17, 15) is 14.4 Å². The lowest BCUT2D eigenvalue weighted by Crippen LogP contribution is -2.30. The summed E-state index contributed by atoms with van der Waals surface area (Å²) in [5.41, 5.74) is 0. The minimum absolute atomic E-state index is 0.0806. The molecule has 0 fully saturated rings. The summed E-state index contributed by atoms with van der Waals surface area (Å²) >= 11 is 0. The van der Waals surface area contributed by atoms with E-state index in [-0.39, 0.29) is 31.1 Å². The number of hydrogen-bond donors (Lipinski definition) is 0. The number of rotatable bonds is 47. The first kappa shape index (κ1) is 59.9. The molecule has 0 radical (unpaired) electrons. The summed E-state index contributed by atoms with van der Waals surface area (Å²) in [4.78, 5) is 37.9. The number of unbranched alkanes of at least 4 members (excludes halogenated alkanes) is 24. The van der Waals surface area contributed by atoms with Crippen molar-refractivity contribution in [2.45, 2.75) is 258 Å². The van der Waals surface area contributed by atoms with Gasteiger partial charge >= 0.3 is 17.9 Å². The Bertz CT molecular complexity index is 1190. The van der Waals surface area contributed by atoms with Crippen LogP contribution in [0.1, 0.15) is 252 Å². The monoisotopic (exact) mass is 879 g/mol. The van der Waals surface area contributed by atoms with E-state index in [0.717, 1.165) is 109 Å². The highest BCUT2D eigenvalue weighted by molar-refractivity contribution is 5.71. The molecule has 0 aromatic heterocycles. The molecule has 0 aliphatic heterocycles. The van der Waals surface area contributed by atoms with E-state index in [1.165, 1.54) is 103 Å². The van der Waals surface area contributed by atoms with E-state index >= 15 is 0 Å². The van der Waals surface area contributed by atoms with E-state index in [4.69, 9.17) is 14.2 Å². The predicted octanol–water partition coefficient (Wildman–Crippen LogP) is 17.4. The van der Waals surface area contributed by atoms with Crippen molar-refractivity contribution in [3.63, 3.8) is 0 Å². The maximum absolute atomic E-state index is 12.7. The molecule has 0 aromatic rings. The Kier molecular flexibility index (Phi) is 48.9. The Labute approximate surface area is 389 Å². The van der Waals surface area contributed by atoms with Crippen LogP contribution in [0.2, 0.25) is 0 Å². The maximum Gasteiger partial charge on any atom is 0.306 e. The molecule has 0 N–H and O–H groups in total. The molecule has 0 rings (SSSR count). The largest absolute Gasteiger partial charge is 0.462 e. The summed E-state index contributed by atoms with van der Waals surface area (Å²) < 4.78 is 16.8. The molecular weight excluding hydrogens is 781 g/mol. The van der Waals surface area contributed by atoms with Crippen LogP contribution in [0.25, 0.3) is 0 Å². The summed E-state index contributed by atoms with van der Waals surface area (Å²) in [6.45, 7) is 6.46. The van der Waals surface area contributed by atoms with Gasteiger partial charge in [0.2, 0.25) is 0 Å². The van der Waals surface area contributed by atoms with Crippen LogP contribution >= 0.6 is 0 Å². The molecule has 0 aromatic carbocycles. The molecule has 6 heteroatoms. The first-order valence-electron chi connectivity index (χ1n) is 26.4. The lowest BCUT2D eigenvalue weighted by molar-refractivity contribution is -0.167. The van der Waals surface area contributed by atoms with E-state index in [1.807, 2.05) is 0 Å². The Morgan fingerprint density at radius 1 is 0.333 bits per heavy atom. The Morgan fingerprint density at radius 3 is 1.03 bits per heavy atom. The quantitative estimate of drug-likeness (QED) is 0.0262. The van der Waals surface area contributed by atoms with Crippen molar-refractivity contribution in [1.82, 2.24) is 0 Å². The molecule has 362 valence electrons. The van der Waals surface area contributed by atoms with Gasteiger partial charge in [-0.05, 0) is 83.5 Å². The van der Waals surface area contributed by atoms with Crippen LogP contribution in [0.4, 0.5) is 0 Å². The van der Waals surface area contributed by atoms with E-state index < -0.39 is 6.10 Å². The van der Waals surface area contributed by atoms with Gasteiger partial charge in [0.05, 0.1) is 0 Å². The number of carbonyl (C=O) groups excluding carboxylic acids is 3. The first-order valence-corrected chi connectivity index (χ1v) is 26.4. The van der Waals surface area contributed by atoms with Gasteiger partial charge in [-0.25, -0.2) is 0 Å². The van der Waals surface area contributed by atoms with Crippen LogP contribution in [0.15, 0.2) is 72.9 Å². The number of esters is 3. The summed E-state index contributed by atoms with van der Waals surface area (Å²) in [6.07, 6.45) is 64.6. The van der Waals surface area contributed by atoms with Crippen molar-refractivity contribution in [2.75, 3.05) is 13.2 Å². The number of allylic oxidation sites excluding steroid dienone is 12. The van der Waals surface area contributed by atoms with E-state index in [0.29, 0.717) is 19.3 Å². The SMILES string of the molecule is CC/C=C\C/C=C\C/C=C\C/C=C\C/C=C\CCCCCCCCCC(=O)OCC(COC(=O)CCCCCCCCCCCCC)OC(=O)CCCCCCC/C=C\CCCC. The number of ether oxygens (including phenoxy) is 3. The minimum Gasteiger partial charge on any atom is -0.462 e. The predicted molar refractivity (Wildman–Crippen MR) is 270 cm³/mol. The molecule has 1 atom stereocenters. The Morgan fingerprint density at radius 2 is 0.635 bits per heavy atom. The molecule has 0 aliphatic carbocycles. The second-order valence-electron chi connectivity index (χ2n) is 17.4. The summed E-state index contributed by atoms with van der Waals surface area (Å²) in [5.74, 6) is -0.900. The van der Waals surface area contributed by atoms with Gasteiger partial charge in [0, 0.05) is 19.3 Å². The third-order valence-electron chi connectivity index (χ3n) is 11.2. The molecule has 63 heavy (non-hydrogen) atoms. The fourth-order valence-electron chi connectivity index (χ4n) is 7.21. The first-order chi connectivity index (χ1) is 31.0. The molecule has 0 spiro atoms. The van der Waals surface area contributed by atoms with Crippen LogP contribution in [-0.4, -0.2) is 37.2 Å². The van der Waals surface area contributed by atoms with Crippen molar-refractivity contribution in [1.29, 1.82) is 0 Å². The zero-order valence-electron chi connectivity index (χ0n) is 41.3. The minimum atomic E-state index is -0.781. The zero-order valence-corrected chi connectivity index (χ0v) is 41.3. The topological polar surface area (TPSA) is 78.9 Å². The van der Waals surface area contributed by atoms with Gasteiger partial charge < -0.3 is 14.2 Å². The molecule has 0 aliphatic rings. The lowest BCUT2D eigenvalue weighted by atomic mass is 10.1. The van der Waals surface area contributed by atoms with Gasteiger partial charge in [0.25, 0.3) is 0 Å². The maximum atomic E-state index is 12.7. The van der Waals surface area contributed by atoms with Gasteiger partial charge in [-0.15, -0.1) is 0 Å². The second-order valence-corrected chi connectivity index (χ2v) is 17.4.